The molecule has 1 N–H and O–H groups in total. The van der Waals surface area contributed by atoms with Gasteiger partial charge in [0.2, 0.25) is 0 Å². The maximum atomic E-state index is 9.02. The van der Waals surface area contributed by atoms with Crippen LogP contribution in [0.3, 0.4) is 0 Å². The first-order valence-electron chi connectivity index (χ1n) is 4.36. The van der Waals surface area contributed by atoms with Crippen LogP contribution < -0.4 is 0 Å². The van der Waals surface area contributed by atoms with Crippen molar-refractivity contribution in [3.05, 3.63) is 35.9 Å². The second-order valence-corrected chi connectivity index (χ2v) is 2.65. The van der Waals surface area contributed by atoms with Crippen LogP contribution in [0.2, 0.25) is 0 Å². The fourth-order valence-electron chi connectivity index (χ4n) is 0.956. The molecule has 70 valence electrons. The maximum absolute atomic E-state index is 9.02. The molecule has 1 rings (SSSR count). The summed E-state index contributed by atoms with van der Waals surface area (Å²) in [4.78, 5) is 0. The van der Waals surface area contributed by atoms with Crippen molar-refractivity contribution in [2.45, 2.75) is 6.92 Å². The van der Waals surface area contributed by atoms with Crippen LogP contribution in [0.25, 0.3) is 6.08 Å². The predicted octanol–water partition coefficient (Wildman–Crippen LogP) is 2.44. The van der Waals surface area contributed by atoms with Crippen molar-refractivity contribution in [2.75, 3.05) is 13.2 Å². The summed E-state index contributed by atoms with van der Waals surface area (Å²) in [5, 5.41) is 9.02. The molecule has 0 bridgehead atoms. The Morgan fingerprint density at radius 3 is 2.62 bits per heavy atom. The Morgan fingerprint density at radius 2 is 2.00 bits per heavy atom. The summed E-state index contributed by atoms with van der Waals surface area (Å²) in [6.07, 6.45) is 3.92. The van der Waals surface area contributed by atoms with Crippen LogP contribution in [0.15, 0.2) is 30.3 Å². The van der Waals surface area contributed by atoms with E-state index in [1.165, 1.54) is 0 Å². The second kappa shape index (κ2) is 5.38. The van der Waals surface area contributed by atoms with Crippen molar-refractivity contribution in [3.63, 3.8) is 0 Å². The smallest absolute Gasteiger partial charge is 0.115 e. The average molecular weight is 178 g/mol. The van der Waals surface area contributed by atoms with Crippen LogP contribution in [0.4, 0.5) is 0 Å². The van der Waals surface area contributed by atoms with Gasteiger partial charge >= 0.3 is 0 Å². The summed E-state index contributed by atoms with van der Waals surface area (Å²) in [5.41, 5.74) is 1.07. The van der Waals surface area contributed by atoms with E-state index in [1.54, 1.807) is 12.1 Å². The summed E-state index contributed by atoms with van der Waals surface area (Å²) in [7, 11) is 0. The van der Waals surface area contributed by atoms with E-state index in [4.69, 9.17) is 9.84 Å². The highest BCUT2D eigenvalue weighted by Gasteiger charge is 1.86. The number of rotatable bonds is 4. The molecule has 0 saturated carbocycles. The Bertz CT molecular complexity index is 262. The molecule has 2 heteroatoms. The van der Waals surface area contributed by atoms with Gasteiger partial charge in [-0.1, -0.05) is 24.3 Å². The molecule has 1 aromatic carbocycles. The number of hydrogen-bond donors (Lipinski definition) is 1. The zero-order chi connectivity index (χ0) is 9.52. The molecule has 0 aliphatic carbocycles. The zero-order valence-electron chi connectivity index (χ0n) is 7.73. The van der Waals surface area contributed by atoms with Crippen LogP contribution in [0, 0.1) is 0 Å². The molecule has 1 aromatic rings. The normalized spacial score (nSPS) is 10.8. The molecule has 13 heavy (non-hydrogen) atoms. The molecule has 0 saturated heterocycles. The van der Waals surface area contributed by atoms with Crippen molar-refractivity contribution in [2.24, 2.45) is 0 Å². The lowest BCUT2D eigenvalue weighted by molar-refractivity contribution is 0.178. The minimum absolute atomic E-state index is 0.293. The van der Waals surface area contributed by atoms with Gasteiger partial charge in [0.1, 0.15) is 5.75 Å². The first-order valence-corrected chi connectivity index (χ1v) is 4.36. The van der Waals surface area contributed by atoms with Crippen LogP contribution in [0.5, 0.6) is 5.75 Å². The Kier molecular flexibility index (Phi) is 4.06. The molecule has 0 spiro atoms. The Hall–Kier alpha value is -1.28. The third kappa shape index (κ3) is 3.76. The highest BCUT2D eigenvalue weighted by Crippen LogP contribution is 2.10. The van der Waals surface area contributed by atoms with E-state index >= 15 is 0 Å². The van der Waals surface area contributed by atoms with Gasteiger partial charge in [-0.2, -0.15) is 0 Å². The van der Waals surface area contributed by atoms with Gasteiger partial charge in [0.05, 0.1) is 6.61 Å². The fraction of sp³-hybridized carbons (Fsp3) is 0.273. The van der Waals surface area contributed by atoms with Gasteiger partial charge < -0.3 is 9.84 Å². The van der Waals surface area contributed by atoms with Gasteiger partial charge in [0.25, 0.3) is 0 Å². The summed E-state index contributed by atoms with van der Waals surface area (Å²) in [5.74, 6) is 0.293. The highest BCUT2D eigenvalue weighted by molar-refractivity contribution is 5.50. The van der Waals surface area contributed by atoms with Gasteiger partial charge in [-0.3, -0.25) is 0 Å². The number of phenolic OH excluding ortho intramolecular Hbond substituents is 1. The topological polar surface area (TPSA) is 29.5 Å². The standard InChI is InChI=1S/C11H14O2/c1-2-13-9-3-4-10-5-7-11(12)8-6-10/h3-8,12H,2,9H2,1H3/b4-3+. The molecule has 2 nitrogen and oxygen atoms in total. The van der Waals surface area contributed by atoms with E-state index in [9.17, 15) is 0 Å². The molecule has 0 heterocycles. The van der Waals surface area contributed by atoms with Gasteiger partial charge in [-0.05, 0) is 24.6 Å². The van der Waals surface area contributed by atoms with Crippen molar-refractivity contribution in [1.82, 2.24) is 0 Å². The Morgan fingerprint density at radius 1 is 1.31 bits per heavy atom. The minimum atomic E-state index is 0.293. The van der Waals surface area contributed by atoms with Crippen LogP contribution in [-0.2, 0) is 4.74 Å². The largest absolute Gasteiger partial charge is 0.508 e. The third-order valence-electron chi connectivity index (χ3n) is 1.62. The average Bonchev–Trinajstić information content (AvgIpc) is 2.15. The number of hydrogen-bond acceptors (Lipinski definition) is 2. The lowest BCUT2D eigenvalue weighted by atomic mass is 10.2. The lowest BCUT2D eigenvalue weighted by Gasteiger charge is -1.95. The first-order chi connectivity index (χ1) is 6.33. The van der Waals surface area contributed by atoms with Gasteiger partial charge in [-0.25, -0.2) is 0 Å². The first kappa shape index (κ1) is 9.81. The van der Waals surface area contributed by atoms with Crippen LogP contribution in [0.1, 0.15) is 12.5 Å². The van der Waals surface area contributed by atoms with E-state index in [2.05, 4.69) is 0 Å². The second-order valence-electron chi connectivity index (χ2n) is 2.65. The summed E-state index contributed by atoms with van der Waals surface area (Å²) in [6.45, 7) is 3.34. The third-order valence-corrected chi connectivity index (χ3v) is 1.62. The number of phenols is 1. The van der Waals surface area contributed by atoms with Crippen molar-refractivity contribution >= 4 is 6.08 Å². The van der Waals surface area contributed by atoms with Crippen LogP contribution in [-0.4, -0.2) is 18.3 Å². The zero-order valence-corrected chi connectivity index (χ0v) is 7.73. The molecular weight excluding hydrogens is 164 g/mol. The van der Waals surface area contributed by atoms with Gasteiger partial charge in [-0.15, -0.1) is 0 Å². The Balaban J connectivity index is 2.44. The highest BCUT2D eigenvalue weighted by atomic mass is 16.5. The molecule has 0 radical (unpaired) electrons. The quantitative estimate of drug-likeness (QED) is 0.717. The number of ether oxygens (including phenoxy) is 1. The van der Waals surface area contributed by atoms with Crippen molar-refractivity contribution in [1.29, 1.82) is 0 Å². The van der Waals surface area contributed by atoms with Crippen molar-refractivity contribution in [3.8, 4) is 5.75 Å². The monoisotopic (exact) mass is 178 g/mol. The number of aromatic hydroxyl groups is 1. The fourth-order valence-corrected chi connectivity index (χ4v) is 0.956. The lowest BCUT2D eigenvalue weighted by Crippen LogP contribution is -1.87. The molecule has 0 amide bonds. The SMILES string of the molecule is CCOC/C=C/c1ccc(O)cc1. The molecule has 0 unspecified atom stereocenters. The van der Waals surface area contributed by atoms with E-state index in [0.29, 0.717) is 12.4 Å². The van der Waals surface area contributed by atoms with E-state index in [0.717, 1.165) is 12.2 Å². The summed E-state index contributed by atoms with van der Waals surface area (Å²) < 4.78 is 5.14. The molecule has 0 fully saturated rings. The maximum Gasteiger partial charge on any atom is 0.115 e. The summed E-state index contributed by atoms with van der Waals surface area (Å²) in [6, 6.07) is 7.05. The molecule has 0 atom stereocenters. The molecule has 0 aliphatic rings. The van der Waals surface area contributed by atoms with E-state index in [-0.39, 0.29) is 0 Å². The number of benzene rings is 1. The van der Waals surface area contributed by atoms with Gasteiger partial charge in [0, 0.05) is 6.61 Å². The van der Waals surface area contributed by atoms with E-state index in [1.807, 2.05) is 31.2 Å². The van der Waals surface area contributed by atoms with E-state index < -0.39 is 0 Å². The molecule has 0 aliphatic heterocycles. The predicted molar refractivity (Wildman–Crippen MR) is 53.6 cm³/mol. The molecule has 0 aromatic heterocycles. The minimum Gasteiger partial charge on any atom is -0.508 e. The van der Waals surface area contributed by atoms with Crippen molar-refractivity contribution < 1.29 is 9.84 Å². The van der Waals surface area contributed by atoms with Gasteiger partial charge in [0.15, 0.2) is 0 Å². The Labute approximate surface area is 78.5 Å². The summed E-state index contributed by atoms with van der Waals surface area (Å²) >= 11 is 0. The molecular formula is C11H14O2. The van der Waals surface area contributed by atoms with Crippen LogP contribution >= 0.6 is 0 Å².